The first-order valence-electron chi connectivity index (χ1n) is 13.0. The van der Waals surface area contributed by atoms with E-state index < -0.39 is 0 Å². The van der Waals surface area contributed by atoms with Crippen LogP contribution in [0, 0.1) is 17.2 Å². The number of fused-ring (bicyclic) bond motifs is 4. The van der Waals surface area contributed by atoms with Crippen molar-refractivity contribution in [3.8, 4) is 16.9 Å². The molecule has 0 spiro atoms. The third-order valence-corrected chi connectivity index (χ3v) is 8.01. The molecule has 0 radical (unpaired) electrons. The lowest BCUT2D eigenvalue weighted by molar-refractivity contribution is -0.0353. The Morgan fingerprint density at radius 2 is 1.86 bits per heavy atom. The van der Waals surface area contributed by atoms with Gasteiger partial charge in [0.15, 0.2) is 0 Å². The monoisotopic (exact) mass is 480 g/mol. The third-order valence-electron chi connectivity index (χ3n) is 8.01. The summed E-state index contributed by atoms with van der Waals surface area (Å²) in [5, 5.41) is 3.12. The van der Waals surface area contributed by atoms with Crippen LogP contribution in [-0.4, -0.2) is 42.8 Å². The van der Waals surface area contributed by atoms with Gasteiger partial charge in [0.2, 0.25) is 0 Å². The SMILES string of the molecule is CC(C)Oc1ccc(-c2cc3c(cc2F)C(NC(=O)O[C@H]2CN4CCC2CC4)C(C)(C)CC3)cc1. The highest BCUT2D eigenvalue weighted by atomic mass is 19.1. The van der Waals surface area contributed by atoms with Crippen LogP contribution in [0.25, 0.3) is 11.1 Å². The van der Waals surface area contributed by atoms with Crippen LogP contribution in [0.2, 0.25) is 0 Å². The number of hydrogen-bond acceptors (Lipinski definition) is 4. The molecule has 1 N–H and O–H groups in total. The van der Waals surface area contributed by atoms with Gasteiger partial charge in [0.05, 0.1) is 12.1 Å². The molecule has 4 aliphatic rings. The quantitative estimate of drug-likeness (QED) is 0.561. The molecular weight excluding hydrogens is 443 g/mol. The lowest BCUT2D eigenvalue weighted by Gasteiger charge is -2.44. The van der Waals surface area contributed by atoms with Crippen molar-refractivity contribution >= 4 is 6.09 Å². The number of amides is 1. The predicted octanol–water partition coefficient (Wildman–Crippen LogP) is 6.11. The van der Waals surface area contributed by atoms with Gasteiger partial charge in [0, 0.05) is 12.1 Å². The summed E-state index contributed by atoms with van der Waals surface area (Å²) in [5.74, 6) is 0.945. The average molecular weight is 481 g/mol. The number of hydrogen-bond donors (Lipinski definition) is 1. The second kappa shape index (κ2) is 9.45. The topological polar surface area (TPSA) is 50.8 Å². The number of nitrogens with one attached hydrogen (secondary N) is 1. The van der Waals surface area contributed by atoms with E-state index in [0.29, 0.717) is 11.5 Å². The van der Waals surface area contributed by atoms with Crippen LogP contribution in [0.3, 0.4) is 0 Å². The highest BCUT2D eigenvalue weighted by Gasteiger charge is 2.40. The molecule has 3 saturated heterocycles. The molecule has 188 valence electrons. The van der Waals surface area contributed by atoms with Gasteiger partial charge in [-0.2, -0.15) is 0 Å². The summed E-state index contributed by atoms with van der Waals surface area (Å²) >= 11 is 0. The molecule has 2 aromatic rings. The fourth-order valence-corrected chi connectivity index (χ4v) is 5.95. The number of nitrogens with zero attached hydrogens (tertiary/aromatic N) is 1. The Morgan fingerprint density at radius 1 is 1.14 bits per heavy atom. The Kier molecular flexibility index (Phi) is 6.51. The zero-order valence-corrected chi connectivity index (χ0v) is 21.3. The predicted molar refractivity (Wildman–Crippen MR) is 135 cm³/mol. The minimum absolute atomic E-state index is 0.0505. The molecule has 6 heteroatoms. The van der Waals surface area contributed by atoms with E-state index in [1.54, 1.807) is 6.07 Å². The summed E-state index contributed by atoms with van der Waals surface area (Å²) in [5.41, 5.74) is 3.13. The highest BCUT2D eigenvalue weighted by Crippen LogP contribution is 2.45. The van der Waals surface area contributed by atoms with Crippen LogP contribution < -0.4 is 10.1 Å². The number of halogens is 1. The van der Waals surface area contributed by atoms with Crippen molar-refractivity contribution in [3.63, 3.8) is 0 Å². The van der Waals surface area contributed by atoms with Gasteiger partial charge in [0.1, 0.15) is 17.7 Å². The number of aryl methyl sites for hydroxylation is 1. The van der Waals surface area contributed by atoms with Gasteiger partial charge in [-0.3, -0.25) is 4.90 Å². The number of ether oxygens (including phenoxy) is 2. The zero-order valence-electron chi connectivity index (χ0n) is 21.3. The third kappa shape index (κ3) is 5.04. The van der Waals surface area contributed by atoms with Gasteiger partial charge >= 0.3 is 6.09 Å². The molecule has 3 fully saturated rings. The molecule has 2 aromatic carbocycles. The normalized spacial score (nSPS) is 26.8. The Morgan fingerprint density at radius 3 is 2.49 bits per heavy atom. The minimum atomic E-state index is -0.389. The fraction of sp³-hybridized carbons (Fsp3) is 0.552. The van der Waals surface area contributed by atoms with Crippen molar-refractivity contribution in [1.29, 1.82) is 0 Å². The molecule has 2 atom stereocenters. The van der Waals surface area contributed by atoms with Crippen LogP contribution in [0.15, 0.2) is 36.4 Å². The molecule has 1 amide bonds. The molecule has 1 unspecified atom stereocenters. The number of carbonyl (C=O) groups excluding carboxylic acids is 1. The molecule has 2 bridgehead atoms. The molecule has 0 aromatic heterocycles. The first-order valence-corrected chi connectivity index (χ1v) is 13.0. The van der Waals surface area contributed by atoms with Crippen LogP contribution in [0.4, 0.5) is 9.18 Å². The maximum atomic E-state index is 15.4. The van der Waals surface area contributed by atoms with Crippen molar-refractivity contribution in [1.82, 2.24) is 10.2 Å². The van der Waals surface area contributed by atoms with Gasteiger partial charge in [-0.1, -0.05) is 26.0 Å². The maximum absolute atomic E-state index is 15.4. The lowest BCUT2D eigenvalue weighted by atomic mass is 9.70. The zero-order chi connectivity index (χ0) is 24.7. The summed E-state index contributed by atoms with van der Waals surface area (Å²) in [6, 6.07) is 10.8. The van der Waals surface area contributed by atoms with E-state index >= 15 is 4.39 Å². The van der Waals surface area contributed by atoms with E-state index in [1.807, 2.05) is 44.2 Å². The van der Waals surface area contributed by atoms with Crippen molar-refractivity contribution in [2.24, 2.45) is 11.3 Å². The molecule has 3 heterocycles. The van der Waals surface area contributed by atoms with Crippen molar-refractivity contribution in [2.45, 2.75) is 71.6 Å². The molecule has 5 nitrogen and oxygen atoms in total. The molecule has 0 saturated carbocycles. The number of alkyl carbamates (subject to hydrolysis) is 1. The smallest absolute Gasteiger partial charge is 0.407 e. The Balaban J connectivity index is 1.36. The van der Waals surface area contributed by atoms with Crippen molar-refractivity contribution in [2.75, 3.05) is 19.6 Å². The molecule has 1 aliphatic carbocycles. The summed E-state index contributed by atoms with van der Waals surface area (Å²) in [6.45, 7) is 11.3. The first-order chi connectivity index (χ1) is 16.7. The van der Waals surface area contributed by atoms with Gasteiger partial charge in [-0.25, -0.2) is 9.18 Å². The standard InChI is InChI=1S/C29H37FN2O3/c1-18(2)34-22-7-5-19(6-8-22)23-15-21-9-12-29(3,4)27(24(21)16-25(23)30)31-28(33)35-26-17-32-13-10-20(26)11-14-32/h5-8,15-16,18,20,26-27H,9-14,17H2,1-4H3,(H,31,33)/t26-,27?/m0/s1. The number of carbonyl (C=O) groups is 1. The minimum Gasteiger partial charge on any atom is -0.491 e. The Hall–Kier alpha value is -2.60. The first kappa shape index (κ1) is 24.1. The maximum Gasteiger partial charge on any atom is 0.407 e. The van der Waals surface area contributed by atoms with Crippen LogP contribution in [0.1, 0.15) is 64.1 Å². The summed E-state index contributed by atoms with van der Waals surface area (Å²) in [4.78, 5) is 15.3. The fourth-order valence-electron chi connectivity index (χ4n) is 5.95. The van der Waals surface area contributed by atoms with E-state index in [2.05, 4.69) is 24.1 Å². The number of benzene rings is 2. The largest absolute Gasteiger partial charge is 0.491 e. The summed E-state index contributed by atoms with van der Waals surface area (Å²) in [7, 11) is 0. The molecular formula is C29H37FN2O3. The van der Waals surface area contributed by atoms with Crippen LogP contribution in [0.5, 0.6) is 5.75 Å². The van der Waals surface area contributed by atoms with E-state index in [9.17, 15) is 4.79 Å². The average Bonchev–Trinajstić information content (AvgIpc) is 2.82. The van der Waals surface area contributed by atoms with Crippen LogP contribution >= 0.6 is 0 Å². The van der Waals surface area contributed by atoms with E-state index in [4.69, 9.17) is 9.47 Å². The van der Waals surface area contributed by atoms with Gasteiger partial charge in [0.25, 0.3) is 0 Å². The van der Waals surface area contributed by atoms with E-state index in [0.717, 1.165) is 67.8 Å². The second-order valence-corrected chi connectivity index (χ2v) is 11.4. The van der Waals surface area contributed by atoms with Crippen molar-refractivity contribution in [3.05, 3.63) is 53.3 Å². The van der Waals surface area contributed by atoms with Gasteiger partial charge in [-0.05, 0) is 105 Å². The highest BCUT2D eigenvalue weighted by molar-refractivity contribution is 5.70. The number of rotatable bonds is 5. The summed E-state index contributed by atoms with van der Waals surface area (Å²) in [6.07, 6.45) is 3.58. The van der Waals surface area contributed by atoms with Gasteiger partial charge < -0.3 is 14.8 Å². The van der Waals surface area contributed by atoms with Gasteiger partial charge in [-0.15, -0.1) is 0 Å². The Bertz CT molecular complexity index is 1070. The Labute approximate surface area is 208 Å². The molecule has 35 heavy (non-hydrogen) atoms. The molecule has 6 rings (SSSR count). The summed E-state index contributed by atoms with van der Waals surface area (Å²) < 4.78 is 27.1. The lowest BCUT2D eigenvalue weighted by Crippen LogP contribution is -2.53. The van der Waals surface area contributed by atoms with E-state index in [1.165, 1.54) is 0 Å². The van der Waals surface area contributed by atoms with Crippen molar-refractivity contribution < 1.29 is 18.7 Å². The number of piperidine rings is 3. The second-order valence-electron chi connectivity index (χ2n) is 11.4. The molecule has 3 aliphatic heterocycles. The van der Waals surface area contributed by atoms with Crippen LogP contribution in [-0.2, 0) is 11.2 Å². The van der Waals surface area contributed by atoms with E-state index in [-0.39, 0.29) is 35.6 Å².